The number of nitrogens with two attached hydrogens (primary N) is 1. The van der Waals surface area contributed by atoms with Crippen molar-refractivity contribution < 1.29 is 17.3 Å². The van der Waals surface area contributed by atoms with E-state index in [-0.39, 0.29) is 29.6 Å². The lowest BCUT2D eigenvalue weighted by molar-refractivity contribution is 0.179. The Morgan fingerprint density at radius 3 is 2.71 bits per heavy atom. The van der Waals surface area contributed by atoms with E-state index >= 15 is 4.39 Å². The van der Waals surface area contributed by atoms with Crippen LogP contribution in [0, 0.1) is 5.92 Å². The van der Waals surface area contributed by atoms with Crippen LogP contribution in [-0.4, -0.2) is 22.5 Å². The van der Waals surface area contributed by atoms with Crippen LogP contribution in [0.15, 0.2) is 57.9 Å². The fourth-order valence-corrected chi connectivity index (χ4v) is 5.99. The van der Waals surface area contributed by atoms with Gasteiger partial charge in [-0.1, -0.05) is 35.0 Å². The molecule has 5 rings (SSSR count). The van der Waals surface area contributed by atoms with Gasteiger partial charge in [0.2, 0.25) is 0 Å². The average Bonchev–Trinajstić information content (AvgIpc) is 3.48. The number of halogens is 2. The molecule has 2 aromatic heterocycles. The highest BCUT2D eigenvalue weighted by Gasteiger charge is 2.39. The Bertz CT molecular complexity index is 1380. The lowest BCUT2D eigenvalue weighted by atomic mass is 9.99. The topological polar surface area (TPSA) is 104 Å². The molecule has 7 nitrogen and oxygen atoms in total. The molecule has 4 aromatic rings. The maximum absolute atomic E-state index is 15.2. The predicted octanol–water partition coefficient (Wildman–Crippen LogP) is 3.80. The number of hydrogen-bond acceptors (Lipinski definition) is 6. The molecule has 2 aromatic carbocycles. The number of rotatable bonds is 5. The fraction of sp³-hybridized carbons (Fsp3) is 0.238. The number of alkyl halides is 1. The Hall–Kier alpha value is -2.75. The van der Waals surface area contributed by atoms with Crippen molar-refractivity contribution in [3.8, 4) is 0 Å². The monoisotopic (exact) mass is 460 g/mol. The Labute approximate surface area is 182 Å². The number of aromatic nitrogens is 3. The molecule has 160 valence electrons. The van der Waals surface area contributed by atoms with Gasteiger partial charge in [0, 0.05) is 22.0 Å². The van der Waals surface area contributed by atoms with Crippen molar-refractivity contribution >= 4 is 32.5 Å². The van der Waals surface area contributed by atoms with E-state index in [0.717, 1.165) is 5.56 Å². The van der Waals surface area contributed by atoms with Gasteiger partial charge in [0.05, 0.1) is 17.0 Å². The minimum absolute atomic E-state index is 0.0462. The predicted molar refractivity (Wildman–Crippen MR) is 113 cm³/mol. The molecule has 0 aliphatic heterocycles. The minimum Gasteiger partial charge on any atom is -0.336 e. The molecule has 0 amide bonds. The van der Waals surface area contributed by atoms with Gasteiger partial charge in [-0.05, 0) is 48.7 Å². The van der Waals surface area contributed by atoms with Crippen molar-refractivity contribution in [1.29, 1.82) is 0 Å². The number of hydrogen-bond donors (Lipinski definition) is 1. The van der Waals surface area contributed by atoms with E-state index in [1.807, 2.05) is 0 Å². The van der Waals surface area contributed by atoms with Crippen molar-refractivity contribution in [3.05, 3.63) is 76.5 Å². The van der Waals surface area contributed by atoms with Crippen LogP contribution >= 0.6 is 11.6 Å². The second-order valence-corrected chi connectivity index (χ2v) is 9.72. The molecule has 10 heteroatoms. The number of nitrogens with zero attached hydrogens (tertiary/aromatic N) is 3. The van der Waals surface area contributed by atoms with Crippen LogP contribution in [0.3, 0.4) is 0 Å². The van der Waals surface area contributed by atoms with Gasteiger partial charge in [-0.2, -0.15) is 4.98 Å². The van der Waals surface area contributed by atoms with Gasteiger partial charge in [0.1, 0.15) is 0 Å². The van der Waals surface area contributed by atoms with Crippen LogP contribution in [-0.2, 0) is 29.4 Å². The molecule has 0 fully saturated rings. The third-order valence-electron chi connectivity index (χ3n) is 5.62. The zero-order valence-corrected chi connectivity index (χ0v) is 17.8. The molecule has 0 radical (unpaired) electrons. The lowest BCUT2D eigenvalue weighted by Crippen LogP contribution is -2.17. The highest BCUT2D eigenvalue weighted by atomic mass is 35.5. The summed E-state index contributed by atoms with van der Waals surface area (Å²) in [5.41, 5.74) is 7.32. The Morgan fingerprint density at radius 1 is 1.23 bits per heavy atom. The third kappa shape index (κ3) is 3.24. The molecule has 0 saturated carbocycles. The zero-order valence-electron chi connectivity index (χ0n) is 16.2. The maximum atomic E-state index is 15.2. The van der Waals surface area contributed by atoms with Crippen molar-refractivity contribution in [1.82, 2.24) is 14.1 Å². The first-order valence-corrected chi connectivity index (χ1v) is 11.5. The largest absolute Gasteiger partial charge is 0.336 e. The summed E-state index contributed by atoms with van der Waals surface area (Å²) in [5.74, 6) is -0.464. The van der Waals surface area contributed by atoms with Crippen LogP contribution < -0.4 is 5.73 Å². The summed E-state index contributed by atoms with van der Waals surface area (Å²) in [6.07, 6.45) is -1.01. The standard InChI is InChI=1S/C21H18ClFN4O3S/c22-13-6-7-17-16(10-13)15-8-12(20(23)21-25-19(11-24)26-30-21)9-18(15)27(17)31(28,29)14-4-2-1-3-5-14/h1-7,10,12,20H,8-9,11,24H2. The Balaban J connectivity index is 1.63. The van der Waals surface area contributed by atoms with Gasteiger partial charge in [0.15, 0.2) is 12.0 Å². The molecular weight excluding hydrogens is 443 g/mol. The van der Waals surface area contributed by atoms with Gasteiger partial charge in [-0.3, -0.25) is 0 Å². The lowest BCUT2D eigenvalue weighted by Gasteiger charge is -2.15. The van der Waals surface area contributed by atoms with Crippen LogP contribution in [0.2, 0.25) is 5.02 Å². The fourth-order valence-electron chi connectivity index (χ4n) is 4.21. The van der Waals surface area contributed by atoms with Crippen LogP contribution in [0.5, 0.6) is 0 Å². The zero-order chi connectivity index (χ0) is 21.8. The SMILES string of the molecule is NCc1noc(C(F)C2Cc3c(n(S(=O)(=O)c4ccccc4)c4ccc(Cl)cc34)C2)n1. The molecular formula is C21H18ClFN4O3S. The van der Waals surface area contributed by atoms with E-state index in [1.54, 1.807) is 48.5 Å². The van der Waals surface area contributed by atoms with Crippen molar-refractivity contribution in [2.45, 2.75) is 30.5 Å². The quantitative estimate of drug-likeness (QED) is 0.485. The molecule has 2 unspecified atom stereocenters. The van der Waals surface area contributed by atoms with Crippen LogP contribution in [0.1, 0.15) is 29.1 Å². The van der Waals surface area contributed by atoms with Gasteiger partial charge >= 0.3 is 0 Å². The van der Waals surface area contributed by atoms with Gasteiger partial charge in [-0.15, -0.1) is 0 Å². The summed E-state index contributed by atoms with van der Waals surface area (Å²) in [5, 5.41) is 4.83. The van der Waals surface area contributed by atoms with Crippen LogP contribution in [0.25, 0.3) is 10.9 Å². The smallest absolute Gasteiger partial charge is 0.268 e. The molecule has 2 N–H and O–H groups in total. The first-order chi connectivity index (χ1) is 14.9. The molecule has 1 aliphatic carbocycles. The number of benzene rings is 2. The van der Waals surface area contributed by atoms with E-state index in [2.05, 4.69) is 10.1 Å². The van der Waals surface area contributed by atoms with E-state index in [9.17, 15) is 8.42 Å². The molecule has 0 saturated heterocycles. The highest BCUT2D eigenvalue weighted by Crippen LogP contribution is 2.43. The number of fused-ring (bicyclic) bond motifs is 3. The summed E-state index contributed by atoms with van der Waals surface area (Å²) in [4.78, 5) is 4.15. The molecule has 2 heterocycles. The summed E-state index contributed by atoms with van der Waals surface area (Å²) in [7, 11) is -3.89. The molecule has 31 heavy (non-hydrogen) atoms. The normalized spacial score (nSPS) is 17.2. The first kappa shape index (κ1) is 20.2. The summed E-state index contributed by atoms with van der Waals surface area (Å²) in [6.45, 7) is 0.0462. The highest BCUT2D eigenvalue weighted by molar-refractivity contribution is 7.90. The first-order valence-electron chi connectivity index (χ1n) is 9.69. The minimum atomic E-state index is -3.89. The summed E-state index contributed by atoms with van der Waals surface area (Å²) >= 11 is 6.20. The van der Waals surface area contributed by atoms with E-state index in [1.165, 1.54) is 3.97 Å². The third-order valence-corrected chi connectivity index (χ3v) is 7.62. The second-order valence-electron chi connectivity index (χ2n) is 7.49. The maximum Gasteiger partial charge on any atom is 0.268 e. The van der Waals surface area contributed by atoms with Crippen molar-refractivity contribution in [3.63, 3.8) is 0 Å². The average molecular weight is 461 g/mol. The Kier molecular flexibility index (Phi) is 4.84. The second kappa shape index (κ2) is 7.44. The molecule has 1 aliphatic rings. The van der Waals surface area contributed by atoms with Crippen molar-refractivity contribution in [2.24, 2.45) is 11.7 Å². The molecule has 2 atom stereocenters. The summed E-state index contributed by atoms with van der Waals surface area (Å²) < 4.78 is 48.6. The van der Waals surface area contributed by atoms with Gasteiger partial charge < -0.3 is 10.3 Å². The van der Waals surface area contributed by atoms with Crippen molar-refractivity contribution in [2.75, 3.05) is 0 Å². The van der Waals surface area contributed by atoms with Crippen LogP contribution in [0.4, 0.5) is 4.39 Å². The molecule has 0 spiro atoms. The molecule has 0 bridgehead atoms. The van der Waals surface area contributed by atoms with E-state index < -0.39 is 22.1 Å². The van der Waals surface area contributed by atoms with E-state index in [0.29, 0.717) is 28.0 Å². The summed E-state index contributed by atoms with van der Waals surface area (Å²) in [6, 6.07) is 13.2. The Morgan fingerprint density at radius 2 is 2.00 bits per heavy atom. The van der Waals surface area contributed by atoms with Gasteiger partial charge in [-0.25, -0.2) is 16.8 Å². The van der Waals surface area contributed by atoms with Gasteiger partial charge in [0.25, 0.3) is 15.9 Å². The van der Waals surface area contributed by atoms with E-state index in [4.69, 9.17) is 21.9 Å².